The molecule has 25 heavy (non-hydrogen) atoms. The zero-order valence-corrected chi connectivity index (χ0v) is 15.4. The highest BCUT2D eigenvalue weighted by Crippen LogP contribution is 2.31. The Balaban J connectivity index is 1.62. The Morgan fingerprint density at radius 1 is 1.24 bits per heavy atom. The number of para-hydroxylation sites is 1. The summed E-state index contributed by atoms with van der Waals surface area (Å²) in [4.78, 5) is 16.8. The van der Waals surface area contributed by atoms with Crippen LogP contribution in [0, 0.1) is 0 Å². The normalized spacial score (nSPS) is 13.0. The number of aromatic hydroxyl groups is 1. The quantitative estimate of drug-likeness (QED) is 0.403. The Morgan fingerprint density at radius 2 is 1.96 bits per heavy atom. The van der Waals surface area contributed by atoms with Crippen LogP contribution in [0.2, 0.25) is 0 Å². The third-order valence-electron chi connectivity index (χ3n) is 3.54. The van der Waals surface area contributed by atoms with Crippen LogP contribution >= 0.6 is 23.1 Å². The monoisotopic (exact) mass is 371 g/mol. The molecule has 2 aromatic carbocycles. The first-order chi connectivity index (χ1) is 12.0. The average molecular weight is 371 g/mol. The fraction of sp³-hybridized carbons (Fsp3) is 0.167. The van der Waals surface area contributed by atoms with Gasteiger partial charge in [-0.05, 0) is 55.8 Å². The lowest BCUT2D eigenvalue weighted by Crippen LogP contribution is -2.27. The van der Waals surface area contributed by atoms with Gasteiger partial charge >= 0.3 is 0 Å². The maximum atomic E-state index is 12.3. The fourth-order valence-corrected chi connectivity index (χ4v) is 4.31. The van der Waals surface area contributed by atoms with Crippen molar-refractivity contribution >= 4 is 44.9 Å². The minimum atomic E-state index is -0.308. The van der Waals surface area contributed by atoms with Crippen molar-refractivity contribution in [1.82, 2.24) is 10.4 Å². The van der Waals surface area contributed by atoms with Crippen molar-refractivity contribution in [3.63, 3.8) is 0 Å². The Kier molecular flexibility index (Phi) is 5.35. The summed E-state index contributed by atoms with van der Waals surface area (Å²) < 4.78 is 1.97. The molecule has 7 heteroatoms. The number of carbonyl (C=O) groups is 1. The molecule has 2 N–H and O–H groups in total. The van der Waals surface area contributed by atoms with E-state index < -0.39 is 0 Å². The average Bonchev–Trinajstić information content (AvgIpc) is 3.02. The highest BCUT2D eigenvalue weighted by Gasteiger charge is 2.16. The van der Waals surface area contributed by atoms with E-state index >= 15 is 0 Å². The van der Waals surface area contributed by atoms with Crippen molar-refractivity contribution in [1.29, 1.82) is 0 Å². The fourth-order valence-electron chi connectivity index (χ4n) is 2.10. The summed E-state index contributed by atoms with van der Waals surface area (Å²) in [6, 6.07) is 14.6. The lowest BCUT2D eigenvalue weighted by molar-refractivity contribution is -0.120. The third kappa shape index (κ3) is 4.37. The number of carbonyl (C=O) groups excluding carboxylic acids is 1. The molecule has 3 rings (SSSR count). The van der Waals surface area contributed by atoms with Gasteiger partial charge in [-0.15, -0.1) is 11.3 Å². The van der Waals surface area contributed by atoms with Gasteiger partial charge in [0.2, 0.25) is 0 Å². The Hall–Kier alpha value is -2.38. The molecule has 0 saturated carbocycles. The van der Waals surface area contributed by atoms with Gasteiger partial charge in [-0.25, -0.2) is 10.4 Å². The molecule has 1 amide bonds. The van der Waals surface area contributed by atoms with E-state index in [1.54, 1.807) is 42.5 Å². The van der Waals surface area contributed by atoms with Crippen LogP contribution in [0.15, 0.2) is 58.0 Å². The minimum absolute atomic E-state index is 0.178. The van der Waals surface area contributed by atoms with Crippen molar-refractivity contribution in [2.45, 2.75) is 23.4 Å². The van der Waals surface area contributed by atoms with Crippen LogP contribution in [0.3, 0.4) is 0 Å². The lowest BCUT2D eigenvalue weighted by Gasteiger charge is -2.08. The van der Waals surface area contributed by atoms with Crippen molar-refractivity contribution in [2.75, 3.05) is 0 Å². The number of phenols is 1. The molecule has 0 aliphatic rings. The number of hydrogen-bond acceptors (Lipinski definition) is 6. The van der Waals surface area contributed by atoms with E-state index in [4.69, 9.17) is 0 Å². The van der Waals surface area contributed by atoms with Gasteiger partial charge in [-0.2, -0.15) is 5.10 Å². The van der Waals surface area contributed by atoms with Gasteiger partial charge in [-0.3, -0.25) is 4.79 Å². The van der Waals surface area contributed by atoms with Crippen LogP contribution in [0.25, 0.3) is 10.2 Å². The second kappa shape index (κ2) is 7.67. The van der Waals surface area contributed by atoms with Gasteiger partial charge in [0.05, 0.1) is 21.2 Å². The molecule has 0 bridgehead atoms. The number of benzene rings is 2. The molecule has 0 saturated heterocycles. The Bertz CT molecular complexity index is 886. The molecule has 0 aliphatic heterocycles. The van der Waals surface area contributed by atoms with Crippen molar-refractivity contribution in [3.05, 3.63) is 54.1 Å². The third-order valence-corrected chi connectivity index (χ3v) is 5.77. The molecule has 0 fully saturated rings. The van der Waals surface area contributed by atoms with Crippen LogP contribution in [0.4, 0.5) is 0 Å². The predicted octanol–water partition coefficient (Wildman–Crippen LogP) is 4.02. The zero-order valence-electron chi connectivity index (χ0n) is 13.8. The van der Waals surface area contributed by atoms with Crippen LogP contribution in [0.5, 0.6) is 5.75 Å². The summed E-state index contributed by atoms with van der Waals surface area (Å²) in [6.07, 6.45) is 0. The number of hydrogen-bond donors (Lipinski definition) is 2. The van der Waals surface area contributed by atoms with E-state index in [1.807, 2.05) is 31.2 Å². The largest absolute Gasteiger partial charge is 0.508 e. The van der Waals surface area contributed by atoms with Crippen LogP contribution in [-0.4, -0.2) is 27.0 Å². The van der Waals surface area contributed by atoms with E-state index in [1.165, 1.54) is 11.8 Å². The first-order valence-corrected chi connectivity index (χ1v) is 9.38. The van der Waals surface area contributed by atoms with Gasteiger partial charge in [0.1, 0.15) is 5.75 Å². The molecule has 0 aliphatic carbocycles. The number of amides is 1. The SMILES string of the molecule is C/C(=N\NC(=O)C(C)Sc1nc2ccccc2s1)c1ccc(O)cc1. The summed E-state index contributed by atoms with van der Waals surface area (Å²) in [5.74, 6) is 0.0174. The standard InChI is InChI=1S/C18H17N3O2S2/c1-11(13-7-9-14(22)10-8-13)20-21-17(23)12(2)24-18-19-15-5-3-4-6-16(15)25-18/h3-10,12,22H,1-2H3,(H,21,23)/b20-11+. The van der Waals surface area contributed by atoms with Crippen molar-refractivity contribution in [3.8, 4) is 5.75 Å². The molecule has 0 radical (unpaired) electrons. The first kappa shape index (κ1) is 17.4. The molecular formula is C18H17N3O2S2. The summed E-state index contributed by atoms with van der Waals surface area (Å²) in [5.41, 5.74) is 5.05. The van der Waals surface area contributed by atoms with E-state index in [0.29, 0.717) is 5.71 Å². The molecular weight excluding hydrogens is 354 g/mol. The predicted molar refractivity (Wildman–Crippen MR) is 103 cm³/mol. The van der Waals surface area contributed by atoms with Crippen LogP contribution < -0.4 is 5.43 Å². The molecule has 1 atom stereocenters. The topological polar surface area (TPSA) is 74.6 Å². The maximum absolute atomic E-state index is 12.3. The van der Waals surface area contributed by atoms with E-state index in [-0.39, 0.29) is 16.9 Å². The van der Waals surface area contributed by atoms with Crippen LogP contribution in [-0.2, 0) is 4.79 Å². The lowest BCUT2D eigenvalue weighted by atomic mass is 10.1. The minimum Gasteiger partial charge on any atom is -0.508 e. The second-order valence-corrected chi connectivity index (χ2v) is 8.05. The number of thiazole rings is 1. The highest BCUT2D eigenvalue weighted by atomic mass is 32.2. The van der Waals surface area contributed by atoms with Gasteiger partial charge in [0.25, 0.3) is 5.91 Å². The maximum Gasteiger partial charge on any atom is 0.253 e. The summed E-state index contributed by atoms with van der Waals surface area (Å²) in [5, 5.41) is 13.1. The molecule has 3 aromatic rings. The summed E-state index contributed by atoms with van der Waals surface area (Å²) in [6.45, 7) is 3.63. The number of nitrogens with zero attached hydrogens (tertiary/aromatic N) is 2. The van der Waals surface area contributed by atoms with Crippen LogP contribution in [0.1, 0.15) is 19.4 Å². The summed E-state index contributed by atoms with van der Waals surface area (Å²) >= 11 is 3.00. The molecule has 0 spiro atoms. The molecule has 128 valence electrons. The highest BCUT2D eigenvalue weighted by molar-refractivity contribution is 8.02. The number of thioether (sulfide) groups is 1. The van der Waals surface area contributed by atoms with E-state index in [0.717, 1.165) is 20.1 Å². The van der Waals surface area contributed by atoms with E-state index in [2.05, 4.69) is 15.5 Å². The number of aromatic nitrogens is 1. The zero-order chi connectivity index (χ0) is 17.8. The molecule has 1 aromatic heterocycles. The molecule has 1 heterocycles. The molecule has 5 nitrogen and oxygen atoms in total. The van der Waals surface area contributed by atoms with E-state index in [9.17, 15) is 9.90 Å². The number of hydrazone groups is 1. The Morgan fingerprint density at radius 3 is 2.68 bits per heavy atom. The van der Waals surface area contributed by atoms with Crippen molar-refractivity contribution in [2.24, 2.45) is 5.10 Å². The number of fused-ring (bicyclic) bond motifs is 1. The Labute approximate surface area is 153 Å². The molecule has 1 unspecified atom stereocenters. The van der Waals surface area contributed by atoms with Gasteiger partial charge in [-0.1, -0.05) is 23.9 Å². The smallest absolute Gasteiger partial charge is 0.253 e. The van der Waals surface area contributed by atoms with Crippen molar-refractivity contribution < 1.29 is 9.90 Å². The number of rotatable bonds is 5. The number of phenolic OH excluding ortho intramolecular Hbond substituents is 1. The first-order valence-electron chi connectivity index (χ1n) is 7.68. The van der Waals surface area contributed by atoms with Gasteiger partial charge in [0, 0.05) is 0 Å². The number of nitrogens with one attached hydrogen (secondary N) is 1. The van der Waals surface area contributed by atoms with Gasteiger partial charge in [0.15, 0.2) is 4.34 Å². The second-order valence-electron chi connectivity index (χ2n) is 5.43. The summed E-state index contributed by atoms with van der Waals surface area (Å²) in [7, 11) is 0. The van der Waals surface area contributed by atoms with Gasteiger partial charge < -0.3 is 5.11 Å².